The number of ether oxygens (including phenoxy) is 2. The molecule has 0 aliphatic carbocycles. The van der Waals surface area contributed by atoms with E-state index in [-0.39, 0.29) is 17.3 Å². The molecular formula is C21H25N3O5S. The third-order valence-corrected chi connectivity index (χ3v) is 6.79. The van der Waals surface area contributed by atoms with Crippen molar-refractivity contribution in [1.29, 1.82) is 0 Å². The Morgan fingerprint density at radius 2 is 1.77 bits per heavy atom. The van der Waals surface area contributed by atoms with Crippen LogP contribution in [0.3, 0.4) is 0 Å². The maximum Gasteiger partial charge on any atom is 0.243 e. The van der Waals surface area contributed by atoms with Crippen LogP contribution in [0.2, 0.25) is 0 Å². The lowest BCUT2D eigenvalue weighted by Crippen LogP contribution is -2.27. The van der Waals surface area contributed by atoms with Crippen molar-refractivity contribution in [3.63, 3.8) is 0 Å². The van der Waals surface area contributed by atoms with Gasteiger partial charge in [0.05, 0.1) is 25.2 Å². The van der Waals surface area contributed by atoms with Crippen molar-refractivity contribution in [2.45, 2.75) is 32.2 Å². The lowest BCUT2D eigenvalue weighted by Gasteiger charge is -2.18. The van der Waals surface area contributed by atoms with Crippen LogP contribution in [0.1, 0.15) is 23.9 Å². The average molecular weight is 432 g/mol. The zero-order chi connectivity index (χ0) is 21.9. The number of rotatable bonds is 8. The van der Waals surface area contributed by atoms with Crippen LogP contribution in [0.15, 0.2) is 45.8 Å². The quantitative estimate of drug-likeness (QED) is 0.538. The average Bonchev–Trinajstić information content (AvgIpc) is 3.19. The zero-order valence-corrected chi connectivity index (χ0v) is 18.5. The minimum atomic E-state index is -3.75. The lowest BCUT2D eigenvalue weighted by atomic mass is 10.1. The molecule has 0 saturated heterocycles. The van der Waals surface area contributed by atoms with E-state index >= 15 is 0 Å². The SMILES string of the molecule is CCOc1ccc(-c2noc(CN(C)S(=O)(=O)c3ccc(OC)c(C)c3C)n2)cc1. The Balaban J connectivity index is 1.79. The highest BCUT2D eigenvalue weighted by atomic mass is 32.2. The third-order valence-electron chi connectivity index (χ3n) is 4.85. The van der Waals surface area contributed by atoms with Gasteiger partial charge >= 0.3 is 0 Å². The van der Waals surface area contributed by atoms with E-state index in [1.807, 2.05) is 38.1 Å². The molecule has 0 radical (unpaired) electrons. The standard InChI is InChI=1S/C21H25N3O5S/c1-6-28-17-9-7-16(8-10-17)21-22-20(29-23-21)13-24(4)30(25,26)19-12-11-18(27-5)14(2)15(19)3/h7-12H,6,13H2,1-5H3. The van der Waals surface area contributed by atoms with Crippen LogP contribution < -0.4 is 9.47 Å². The van der Waals surface area contributed by atoms with Crippen molar-refractivity contribution in [2.24, 2.45) is 0 Å². The van der Waals surface area contributed by atoms with Gasteiger partial charge < -0.3 is 14.0 Å². The van der Waals surface area contributed by atoms with Gasteiger partial charge in [-0.2, -0.15) is 9.29 Å². The van der Waals surface area contributed by atoms with E-state index in [0.29, 0.717) is 23.7 Å². The van der Waals surface area contributed by atoms with E-state index in [1.165, 1.54) is 11.4 Å². The Kier molecular flexibility index (Phi) is 6.42. The van der Waals surface area contributed by atoms with Crippen molar-refractivity contribution in [3.8, 4) is 22.9 Å². The summed E-state index contributed by atoms with van der Waals surface area (Å²) in [6.07, 6.45) is 0. The summed E-state index contributed by atoms with van der Waals surface area (Å²) in [4.78, 5) is 4.54. The number of aromatic nitrogens is 2. The van der Waals surface area contributed by atoms with E-state index in [1.54, 1.807) is 26.2 Å². The molecule has 0 fully saturated rings. The molecule has 160 valence electrons. The molecule has 1 heterocycles. The fourth-order valence-electron chi connectivity index (χ4n) is 3.02. The Bertz CT molecular complexity index is 1120. The first kappa shape index (κ1) is 21.8. The minimum Gasteiger partial charge on any atom is -0.496 e. The number of hydrogen-bond donors (Lipinski definition) is 0. The Labute approximate surface area is 176 Å². The van der Waals surface area contributed by atoms with E-state index < -0.39 is 10.0 Å². The van der Waals surface area contributed by atoms with Crippen LogP contribution in [-0.4, -0.2) is 43.6 Å². The van der Waals surface area contributed by atoms with Crippen molar-refractivity contribution in [2.75, 3.05) is 20.8 Å². The van der Waals surface area contributed by atoms with Crippen LogP contribution in [0.4, 0.5) is 0 Å². The monoisotopic (exact) mass is 431 g/mol. The number of sulfonamides is 1. The second-order valence-corrected chi connectivity index (χ2v) is 8.76. The molecule has 30 heavy (non-hydrogen) atoms. The van der Waals surface area contributed by atoms with Crippen molar-refractivity contribution in [1.82, 2.24) is 14.4 Å². The molecule has 9 heteroatoms. The largest absolute Gasteiger partial charge is 0.496 e. The first-order valence-electron chi connectivity index (χ1n) is 9.44. The number of nitrogens with zero attached hydrogens (tertiary/aromatic N) is 3. The summed E-state index contributed by atoms with van der Waals surface area (Å²) in [5.41, 5.74) is 2.17. The zero-order valence-electron chi connectivity index (χ0n) is 17.7. The highest BCUT2D eigenvalue weighted by molar-refractivity contribution is 7.89. The van der Waals surface area contributed by atoms with Gasteiger partial charge in [-0.15, -0.1) is 0 Å². The predicted molar refractivity (Wildman–Crippen MR) is 112 cm³/mol. The first-order chi connectivity index (χ1) is 14.3. The summed E-state index contributed by atoms with van der Waals surface area (Å²) < 4.78 is 43.3. The van der Waals surface area contributed by atoms with Crippen LogP contribution in [0.25, 0.3) is 11.4 Å². The smallest absolute Gasteiger partial charge is 0.243 e. The molecule has 0 saturated carbocycles. The van der Waals surface area contributed by atoms with Gasteiger partial charge in [0.25, 0.3) is 0 Å². The van der Waals surface area contributed by atoms with Crippen LogP contribution in [-0.2, 0) is 16.6 Å². The second kappa shape index (κ2) is 8.85. The molecular weight excluding hydrogens is 406 g/mol. The maximum atomic E-state index is 13.1. The molecule has 0 aliphatic rings. The molecule has 3 aromatic rings. The van der Waals surface area contributed by atoms with Crippen molar-refractivity contribution in [3.05, 3.63) is 53.4 Å². The molecule has 0 bridgehead atoms. The number of benzene rings is 2. The van der Waals surface area contributed by atoms with Crippen LogP contribution in [0.5, 0.6) is 11.5 Å². The summed E-state index contributed by atoms with van der Waals surface area (Å²) in [7, 11) is -0.713. The highest BCUT2D eigenvalue weighted by Crippen LogP contribution is 2.29. The Morgan fingerprint density at radius 3 is 2.40 bits per heavy atom. The molecule has 3 rings (SSSR count). The van der Waals surface area contributed by atoms with E-state index in [0.717, 1.165) is 16.9 Å². The molecule has 0 amide bonds. The topological polar surface area (TPSA) is 94.8 Å². The van der Waals surface area contributed by atoms with Crippen molar-refractivity contribution < 1.29 is 22.4 Å². The summed E-state index contributed by atoms with van der Waals surface area (Å²) in [5, 5.41) is 3.96. The molecule has 0 aliphatic heterocycles. The van der Waals surface area contributed by atoms with Gasteiger partial charge in [-0.05, 0) is 68.3 Å². The molecule has 8 nitrogen and oxygen atoms in total. The van der Waals surface area contributed by atoms with Gasteiger partial charge in [0.15, 0.2) is 0 Å². The normalized spacial score (nSPS) is 11.7. The summed E-state index contributed by atoms with van der Waals surface area (Å²) in [6.45, 7) is 6.04. The maximum absolute atomic E-state index is 13.1. The van der Waals surface area contributed by atoms with Crippen LogP contribution >= 0.6 is 0 Å². The van der Waals surface area contributed by atoms with E-state index in [2.05, 4.69) is 10.1 Å². The van der Waals surface area contributed by atoms with Crippen molar-refractivity contribution >= 4 is 10.0 Å². The molecule has 0 N–H and O–H groups in total. The molecule has 0 unspecified atom stereocenters. The first-order valence-corrected chi connectivity index (χ1v) is 10.9. The fraction of sp³-hybridized carbons (Fsp3) is 0.333. The predicted octanol–water partition coefficient (Wildman–Crippen LogP) is 3.58. The number of methoxy groups -OCH3 is 1. The summed E-state index contributed by atoms with van der Waals surface area (Å²) in [5.74, 6) is 1.98. The van der Waals surface area contributed by atoms with Gasteiger partial charge in [-0.25, -0.2) is 8.42 Å². The number of hydrogen-bond acceptors (Lipinski definition) is 7. The van der Waals surface area contributed by atoms with Gasteiger partial charge in [-0.3, -0.25) is 0 Å². The van der Waals surface area contributed by atoms with Gasteiger partial charge in [0.2, 0.25) is 21.7 Å². The van der Waals surface area contributed by atoms with Crippen LogP contribution in [0, 0.1) is 13.8 Å². The minimum absolute atomic E-state index is 0.0448. The second-order valence-electron chi connectivity index (χ2n) is 6.75. The molecule has 0 spiro atoms. The van der Waals surface area contributed by atoms with Gasteiger partial charge in [-0.1, -0.05) is 5.16 Å². The highest BCUT2D eigenvalue weighted by Gasteiger charge is 2.26. The van der Waals surface area contributed by atoms with E-state index in [4.69, 9.17) is 14.0 Å². The Morgan fingerprint density at radius 1 is 1.07 bits per heavy atom. The van der Waals surface area contributed by atoms with E-state index in [9.17, 15) is 8.42 Å². The van der Waals surface area contributed by atoms with Gasteiger partial charge in [0, 0.05) is 12.6 Å². The lowest BCUT2D eigenvalue weighted by molar-refractivity contribution is 0.336. The summed E-state index contributed by atoms with van der Waals surface area (Å²) >= 11 is 0. The molecule has 0 atom stereocenters. The molecule has 2 aromatic carbocycles. The third kappa shape index (κ3) is 4.31. The molecule has 1 aromatic heterocycles. The Hall–Kier alpha value is -2.91. The van der Waals surface area contributed by atoms with Gasteiger partial charge in [0.1, 0.15) is 11.5 Å². The fourth-order valence-corrected chi connectivity index (χ4v) is 4.41. The summed E-state index contributed by atoms with van der Waals surface area (Å²) in [6, 6.07) is 10.5.